The quantitative estimate of drug-likeness (QED) is 0.349. The molecule has 0 aliphatic heterocycles. The third-order valence-corrected chi connectivity index (χ3v) is 3.12. The monoisotopic (exact) mass is 337 g/mol. The van der Waals surface area contributed by atoms with Crippen molar-refractivity contribution in [1.82, 2.24) is 5.32 Å². The van der Waals surface area contributed by atoms with E-state index >= 15 is 0 Å². The molecular formula is C18H31N3O3. The van der Waals surface area contributed by atoms with Gasteiger partial charge in [0.1, 0.15) is 5.75 Å². The number of ether oxygens (including phenoxy) is 3. The van der Waals surface area contributed by atoms with Crippen LogP contribution in [-0.4, -0.2) is 52.6 Å². The van der Waals surface area contributed by atoms with Crippen LogP contribution in [0.3, 0.4) is 0 Å². The topological polar surface area (TPSA) is 64.1 Å². The van der Waals surface area contributed by atoms with Gasteiger partial charge in [0, 0.05) is 58.2 Å². The number of rotatable bonds is 12. The zero-order chi connectivity index (χ0) is 17.5. The SMILES string of the molecule is CCNC(=NCCCOCC)Nc1cccc(OCCCOC)c1. The fourth-order valence-electron chi connectivity index (χ4n) is 2.00. The van der Waals surface area contributed by atoms with Gasteiger partial charge in [-0.15, -0.1) is 0 Å². The number of hydrogen-bond donors (Lipinski definition) is 2. The van der Waals surface area contributed by atoms with Crippen LogP contribution in [0.4, 0.5) is 5.69 Å². The molecule has 1 aromatic carbocycles. The van der Waals surface area contributed by atoms with Gasteiger partial charge < -0.3 is 24.8 Å². The second-order valence-corrected chi connectivity index (χ2v) is 5.16. The average molecular weight is 337 g/mol. The number of anilines is 1. The zero-order valence-electron chi connectivity index (χ0n) is 15.1. The lowest BCUT2D eigenvalue weighted by Crippen LogP contribution is -2.30. The summed E-state index contributed by atoms with van der Waals surface area (Å²) in [5, 5.41) is 6.55. The van der Waals surface area contributed by atoms with Crippen LogP contribution in [0.15, 0.2) is 29.3 Å². The van der Waals surface area contributed by atoms with Crippen molar-refractivity contribution in [3.05, 3.63) is 24.3 Å². The van der Waals surface area contributed by atoms with Crippen LogP contribution >= 0.6 is 0 Å². The lowest BCUT2D eigenvalue weighted by Gasteiger charge is -2.13. The van der Waals surface area contributed by atoms with Gasteiger partial charge in [-0.2, -0.15) is 0 Å². The summed E-state index contributed by atoms with van der Waals surface area (Å²) in [4.78, 5) is 4.55. The first-order valence-electron chi connectivity index (χ1n) is 8.65. The fourth-order valence-corrected chi connectivity index (χ4v) is 2.00. The Bertz CT molecular complexity index is 467. The van der Waals surface area contributed by atoms with Gasteiger partial charge in [0.25, 0.3) is 0 Å². The molecule has 2 N–H and O–H groups in total. The summed E-state index contributed by atoms with van der Waals surface area (Å²) in [6.07, 6.45) is 1.78. The van der Waals surface area contributed by atoms with E-state index in [1.165, 1.54) is 0 Å². The van der Waals surface area contributed by atoms with E-state index in [0.717, 1.165) is 56.5 Å². The highest BCUT2D eigenvalue weighted by atomic mass is 16.5. The minimum atomic E-state index is 0.642. The molecule has 0 fully saturated rings. The Hall–Kier alpha value is -1.79. The third-order valence-electron chi connectivity index (χ3n) is 3.12. The zero-order valence-corrected chi connectivity index (χ0v) is 15.1. The highest BCUT2D eigenvalue weighted by Gasteiger charge is 2.01. The lowest BCUT2D eigenvalue weighted by atomic mass is 10.3. The number of guanidine groups is 1. The summed E-state index contributed by atoms with van der Waals surface area (Å²) in [6, 6.07) is 7.88. The smallest absolute Gasteiger partial charge is 0.195 e. The van der Waals surface area contributed by atoms with E-state index in [-0.39, 0.29) is 0 Å². The van der Waals surface area contributed by atoms with Crippen LogP contribution in [0, 0.1) is 0 Å². The molecule has 24 heavy (non-hydrogen) atoms. The van der Waals surface area contributed by atoms with Crippen molar-refractivity contribution in [3.63, 3.8) is 0 Å². The van der Waals surface area contributed by atoms with Gasteiger partial charge in [-0.1, -0.05) is 6.07 Å². The van der Waals surface area contributed by atoms with Crippen LogP contribution < -0.4 is 15.4 Å². The molecule has 0 saturated heterocycles. The predicted molar refractivity (Wildman–Crippen MR) is 99.1 cm³/mol. The molecule has 0 radical (unpaired) electrons. The molecule has 0 bridgehead atoms. The number of benzene rings is 1. The number of nitrogens with zero attached hydrogens (tertiary/aromatic N) is 1. The minimum Gasteiger partial charge on any atom is -0.493 e. The molecule has 0 amide bonds. The molecule has 0 aliphatic carbocycles. The van der Waals surface area contributed by atoms with E-state index in [2.05, 4.69) is 15.6 Å². The maximum Gasteiger partial charge on any atom is 0.195 e. The first kappa shape index (κ1) is 20.3. The van der Waals surface area contributed by atoms with Crippen molar-refractivity contribution in [1.29, 1.82) is 0 Å². The average Bonchev–Trinajstić information content (AvgIpc) is 2.59. The normalized spacial score (nSPS) is 11.4. The van der Waals surface area contributed by atoms with Crippen LogP contribution in [0.1, 0.15) is 26.7 Å². The second-order valence-electron chi connectivity index (χ2n) is 5.16. The Morgan fingerprint density at radius 2 is 2.00 bits per heavy atom. The van der Waals surface area contributed by atoms with Gasteiger partial charge >= 0.3 is 0 Å². The Kier molecular flexibility index (Phi) is 11.5. The van der Waals surface area contributed by atoms with Crippen molar-refractivity contribution in [2.75, 3.05) is 51.9 Å². The number of aliphatic imine (C=N–C) groups is 1. The highest BCUT2D eigenvalue weighted by Crippen LogP contribution is 2.17. The van der Waals surface area contributed by atoms with Gasteiger partial charge in [0.05, 0.1) is 6.61 Å². The maximum atomic E-state index is 5.72. The van der Waals surface area contributed by atoms with Gasteiger partial charge in [0.15, 0.2) is 5.96 Å². The molecule has 0 atom stereocenters. The van der Waals surface area contributed by atoms with Crippen molar-refractivity contribution in [3.8, 4) is 5.75 Å². The summed E-state index contributed by atoms with van der Waals surface area (Å²) >= 11 is 0. The molecule has 0 heterocycles. The van der Waals surface area contributed by atoms with Crippen LogP contribution in [0.25, 0.3) is 0 Å². The first-order chi connectivity index (χ1) is 11.8. The minimum absolute atomic E-state index is 0.642. The van der Waals surface area contributed by atoms with E-state index in [0.29, 0.717) is 13.2 Å². The van der Waals surface area contributed by atoms with Crippen molar-refractivity contribution < 1.29 is 14.2 Å². The van der Waals surface area contributed by atoms with Gasteiger partial charge in [-0.25, -0.2) is 0 Å². The summed E-state index contributed by atoms with van der Waals surface area (Å²) in [5.74, 6) is 1.61. The molecule has 0 saturated carbocycles. The summed E-state index contributed by atoms with van der Waals surface area (Å²) < 4.78 is 16.1. The van der Waals surface area contributed by atoms with Crippen LogP contribution in [0.5, 0.6) is 5.75 Å². The van der Waals surface area contributed by atoms with Crippen molar-refractivity contribution in [2.45, 2.75) is 26.7 Å². The number of hydrogen-bond acceptors (Lipinski definition) is 4. The van der Waals surface area contributed by atoms with Gasteiger partial charge in [-0.05, 0) is 32.4 Å². The Morgan fingerprint density at radius 1 is 1.12 bits per heavy atom. The van der Waals surface area contributed by atoms with E-state index in [4.69, 9.17) is 14.2 Å². The van der Waals surface area contributed by atoms with E-state index in [1.807, 2.05) is 38.1 Å². The Balaban J connectivity index is 2.51. The molecule has 6 nitrogen and oxygen atoms in total. The molecule has 0 spiro atoms. The molecule has 6 heteroatoms. The van der Waals surface area contributed by atoms with Crippen molar-refractivity contribution in [2.24, 2.45) is 4.99 Å². The second kappa shape index (κ2) is 13.6. The highest BCUT2D eigenvalue weighted by molar-refractivity contribution is 5.93. The molecule has 1 rings (SSSR count). The van der Waals surface area contributed by atoms with Gasteiger partial charge in [-0.3, -0.25) is 4.99 Å². The van der Waals surface area contributed by atoms with Crippen molar-refractivity contribution >= 4 is 11.6 Å². The van der Waals surface area contributed by atoms with Crippen LogP contribution in [0.2, 0.25) is 0 Å². The molecule has 136 valence electrons. The van der Waals surface area contributed by atoms with E-state index < -0.39 is 0 Å². The summed E-state index contributed by atoms with van der Waals surface area (Å²) in [6.45, 7) is 8.42. The molecular weight excluding hydrogens is 306 g/mol. The molecule has 0 aromatic heterocycles. The standard InChI is InChI=1S/C18H31N3O3/c1-4-19-18(20-11-7-13-23-5-2)21-16-9-6-10-17(15-16)24-14-8-12-22-3/h6,9-10,15H,4-5,7-8,11-14H2,1-3H3,(H2,19,20,21). The third kappa shape index (κ3) is 9.37. The largest absolute Gasteiger partial charge is 0.493 e. The molecule has 0 aliphatic rings. The Morgan fingerprint density at radius 3 is 2.75 bits per heavy atom. The summed E-state index contributed by atoms with van der Waals surface area (Å²) in [7, 11) is 1.69. The lowest BCUT2D eigenvalue weighted by molar-refractivity contribution is 0.146. The van der Waals surface area contributed by atoms with Gasteiger partial charge in [0.2, 0.25) is 0 Å². The number of nitrogens with one attached hydrogen (secondary N) is 2. The van der Waals surface area contributed by atoms with E-state index in [1.54, 1.807) is 7.11 Å². The van der Waals surface area contributed by atoms with E-state index in [9.17, 15) is 0 Å². The number of methoxy groups -OCH3 is 1. The first-order valence-corrected chi connectivity index (χ1v) is 8.65. The fraction of sp³-hybridized carbons (Fsp3) is 0.611. The maximum absolute atomic E-state index is 5.72. The molecule has 1 aromatic rings. The Labute approximate surface area is 145 Å². The predicted octanol–water partition coefficient (Wildman–Crippen LogP) is 2.91. The summed E-state index contributed by atoms with van der Waals surface area (Å²) in [5.41, 5.74) is 0.948. The van der Waals surface area contributed by atoms with Crippen LogP contribution in [-0.2, 0) is 9.47 Å². The molecule has 0 unspecified atom stereocenters.